The SMILES string of the molecule is CSC1CCCCC1NC(C)c1cccc([N+](=O)[O-])c1. The third kappa shape index (κ3) is 3.73. The van der Waals surface area contributed by atoms with Crippen LogP contribution in [0.1, 0.15) is 44.2 Å². The summed E-state index contributed by atoms with van der Waals surface area (Å²) in [5.74, 6) is 0. The van der Waals surface area contributed by atoms with E-state index in [1.165, 1.54) is 25.7 Å². The van der Waals surface area contributed by atoms with Gasteiger partial charge in [0.2, 0.25) is 0 Å². The third-order valence-corrected chi connectivity index (χ3v) is 5.22. The number of nitrogens with zero attached hydrogens (tertiary/aromatic N) is 1. The molecule has 110 valence electrons. The van der Waals surface area contributed by atoms with E-state index in [1.807, 2.05) is 17.8 Å². The van der Waals surface area contributed by atoms with Crippen molar-refractivity contribution in [3.05, 3.63) is 39.9 Å². The standard InChI is InChI=1S/C15H22N2O2S/c1-11(12-6-5-7-13(10-12)17(18)19)16-14-8-3-4-9-15(14)20-2/h5-7,10-11,14-16H,3-4,8-9H2,1-2H3. The van der Waals surface area contributed by atoms with Crippen molar-refractivity contribution in [2.24, 2.45) is 0 Å². The summed E-state index contributed by atoms with van der Waals surface area (Å²) >= 11 is 1.93. The molecule has 1 aliphatic carbocycles. The summed E-state index contributed by atoms with van der Waals surface area (Å²) in [6, 6.07) is 7.59. The van der Waals surface area contributed by atoms with Gasteiger partial charge in [-0.05, 0) is 31.6 Å². The second-order valence-electron chi connectivity index (χ2n) is 5.41. The second-order valence-corrected chi connectivity index (χ2v) is 6.48. The van der Waals surface area contributed by atoms with Gasteiger partial charge in [-0.15, -0.1) is 0 Å². The van der Waals surface area contributed by atoms with Gasteiger partial charge in [-0.25, -0.2) is 0 Å². The van der Waals surface area contributed by atoms with E-state index in [9.17, 15) is 10.1 Å². The van der Waals surface area contributed by atoms with E-state index in [2.05, 4.69) is 18.5 Å². The van der Waals surface area contributed by atoms with Gasteiger partial charge in [-0.1, -0.05) is 25.0 Å². The number of thioether (sulfide) groups is 1. The minimum Gasteiger partial charge on any atom is -0.306 e. The van der Waals surface area contributed by atoms with Crippen molar-refractivity contribution in [3.63, 3.8) is 0 Å². The predicted molar refractivity (Wildman–Crippen MR) is 84.2 cm³/mol. The van der Waals surface area contributed by atoms with Crippen LogP contribution in [0.5, 0.6) is 0 Å². The van der Waals surface area contributed by atoms with Crippen molar-refractivity contribution in [2.45, 2.75) is 49.9 Å². The van der Waals surface area contributed by atoms with Crippen molar-refractivity contribution < 1.29 is 4.92 Å². The fourth-order valence-corrected chi connectivity index (χ4v) is 3.84. The van der Waals surface area contributed by atoms with E-state index >= 15 is 0 Å². The van der Waals surface area contributed by atoms with Crippen LogP contribution in [0, 0.1) is 10.1 Å². The number of hydrogen-bond acceptors (Lipinski definition) is 4. The minimum absolute atomic E-state index is 0.146. The van der Waals surface area contributed by atoms with E-state index in [0.717, 1.165) is 5.56 Å². The zero-order valence-electron chi connectivity index (χ0n) is 12.0. The van der Waals surface area contributed by atoms with Crippen LogP contribution in [0.15, 0.2) is 24.3 Å². The minimum atomic E-state index is -0.332. The number of nitro benzene ring substituents is 1. The van der Waals surface area contributed by atoms with Crippen molar-refractivity contribution in [1.82, 2.24) is 5.32 Å². The Kier molecular flexibility index (Phi) is 5.43. The van der Waals surface area contributed by atoms with E-state index in [0.29, 0.717) is 11.3 Å². The van der Waals surface area contributed by atoms with Gasteiger partial charge in [0.25, 0.3) is 5.69 Å². The quantitative estimate of drug-likeness (QED) is 0.660. The average molecular weight is 294 g/mol. The Balaban J connectivity index is 2.05. The molecule has 0 aliphatic heterocycles. The summed E-state index contributed by atoms with van der Waals surface area (Å²) in [5.41, 5.74) is 1.16. The van der Waals surface area contributed by atoms with Crippen molar-refractivity contribution in [1.29, 1.82) is 0 Å². The Morgan fingerprint density at radius 3 is 2.85 bits per heavy atom. The molecule has 1 aromatic carbocycles. The molecule has 0 spiro atoms. The molecule has 20 heavy (non-hydrogen) atoms. The van der Waals surface area contributed by atoms with E-state index in [4.69, 9.17) is 0 Å². The fourth-order valence-electron chi connectivity index (χ4n) is 2.89. The smallest absolute Gasteiger partial charge is 0.269 e. The van der Waals surface area contributed by atoms with Crippen LogP contribution in [0.3, 0.4) is 0 Å². The number of benzene rings is 1. The molecule has 1 saturated carbocycles. The molecule has 1 N–H and O–H groups in total. The van der Waals surface area contributed by atoms with Gasteiger partial charge in [-0.3, -0.25) is 10.1 Å². The van der Waals surface area contributed by atoms with Crippen molar-refractivity contribution >= 4 is 17.4 Å². The Morgan fingerprint density at radius 1 is 1.40 bits per heavy atom. The topological polar surface area (TPSA) is 55.2 Å². The van der Waals surface area contributed by atoms with Crippen LogP contribution in [-0.4, -0.2) is 22.5 Å². The van der Waals surface area contributed by atoms with Crippen molar-refractivity contribution in [3.8, 4) is 0 Å². The Morgan fingerprint density at radius 2 is 2.15 bits per heavy atom. The predicted octanol–water partition coefficient (Wildman–Crippen LogP) is 3.92. The number of rotatable bonds is 5. The second kappa shape index (κ2) is 7.09. The molecular formula is C15H22N2O2S. The average Bonchev–Trinajstić information content (AvgIpc) is 2.48. The van der Waals surface area contributed by atoms with E-state index in [-0.39, 0.29) is 16.7 Å². The first-order valence-electron chi connectivity index (χ1n) is 7.15. The van der Waals surface area contributed by atoms with E-state index < -0.39 is 0 Å². The molecular weight excluding hydrogens is 272 g/mol. The molecule has 3 unspecified atom stereocenters. The molecule has 0 aromatic heterocycles. The first-order chi connectivity index (χ1) is 9.61. The lowest BCUT2D eigenvalue weighted by Crippen LogP contribution is -2.41. The molecule has 4 nitrogen and oxygen atoms in total. The lowest BCUT2D eigenvalue weighted by Gasteiger charge is -2.33. The van der Waals surface area contributed by atoms with Crippen LogP contribution in [0.4, 0.5) is 5.69 Å². The van der Waals surface area contributed by atoms with Crippen LogP contribution in [-0.2, 0) is 0 Å². The molecule has 1 fully saturated rings. The maximum atomic E-state index is 10.8. The highest BCUT2D eigenvalue weighted by molar-refractivity contribution is 7.99. The van der Waals surface area contributed by atoms with Crippen LogP contribution in [0.2, 0.25) is 0 Å². The van der Waals surface area contributed by atoms with Gasteiger partial charge in [-0.2, -0.15) is 11.8 Å². The number of hydrogen-bond donors (Lipinski definition) is 1. The van der Waals surface area contributed by atoms with E-state index in [1.54, 1.807) is 18.2 Å². The highest BCUT2D eigenvalue weighted by Gasteiger charge is 2.25. The third-order valence-electron chi connectivity index (χ3n) is 4.05. The summed E-state index contributed by atoms with van der Waals surface area (Å²) in [5, 5.41) is 15.2. The molecule has 0 heterocycles. The summed E-state index contributed by atoms with van der Waals surface area (Å²) in [6.45, 7) is 2.09. The van der Waals surface area contributed by atoms with Crippen molar-refractivity contribution in [2.75, 3.05) is 6.26 Å². The molecule has 0 bridgehead atoms. The summed E-state index contributed by atoms with van der Waals surface area (Å²) < 4.78 is 0. The molecule has 0 saturated heterocycles. The zero-order valence-corrected chi connectivity index (χ0v) is 12.9. The summed E-state index contributed by atoms with van der Waals surface area (Å²) in [6.07, 6.45) is 7.22. The number of nitro groups is 1. The number of nitrogens with one attached hydrogen (secondary N) is 1. The molecule has 5 heteroatoms. The maximum Gasteiger partial charge on any atom is 0.269 e. The van der Waals surface area contributed by atoms with Gasteiger partial charge in [0, 0.05) is 29.5 Å². The Bertz CT molecular complexity index is 467. The van der Waals surface area contributed by atoms with Gasteiger partial charge < -0.3 is 5.32 Å². The van der Waals surface area contributed by atoms with Crippen LogP contribution < -0.4 is 5.32 Å². The van der Waals surface area contributed by atoms with Gasteiger partial charge in [0.1, 0.15) is 0 Å². The van der Waals surface area contributed by atoms with Crippen LogP contribution >= 0.6 is 11.8 Å². The maximum absolute atomic E-state index is 10.8. The molecule has 0 radical (unpaired) electrons. The van der Waals surface area contributed by atoms with Gasteiger partial charge >= 0.3 is 0 Å². The lowest BCUT2D eigenvalue weighted by atomic mass is 9.93. The largest absolute Gasteiger partial charge is 0.306 e. The molecule has 2 rings (SSSR count). The summed E-state index contributed by atoms with van der Waals surface area (Å²) in [4.78, 5) is 10.5. The number of non-ortho nitro benzene ring substituents is 1. The lowest BCUT2D eigenvalue weighted by molar-refractivity contribution is -0.384. The molecule has 0 amide bonds. The summed E-state index contributed by atoms with van der Waals surface area (Å²) in [7, 11) is 0. The Hall–Kier alpha value is -1.07. The molecule has 3 atom stereocenters. The van der Waals surface area contributed by atoms with Gasteiger partial charge in [0.15, 0.2) is 0 Å². The first-order valence-corrected chi connectivity index (χ1v) is 8.44. The Labute approximate surface area is 124 Å². The van der Waals surface area contributed by atoms with Gasteiger partial charge in [0.05, 0.1) is 4.92 Å². The highest BCUT2D eigenvalue weighted by Crippen LogP contribution is 2.29. The molecule has 1 aliphatic rings. The first kappa shape index (κ1) is 15.3. The zero-order chi connectivity index (χ0) is 14.5. The fraction of sp³-hybridized carbons (Fsp3) is 0.600. The highest BCUT2D eigenvalue weighted by atomic mass is 32.2. The normalized spacial score (nSPS) is 24.3. The molecule has 1 aromatic rings. The van der Waals surface area contributed by atoms with Crippen LogP contribution in [0.25, 0.3) is 0 Å². The monoisotopic (exact) mass is 294 g/mol.